The van der Waals surface area contributed by atoms with E-state index in [4.69, 9.17) is 0 Å². The fraction of sp³-hybridized carbons (Fsp3) is 0.200. The molecule has 118 valence electrons. The molecule has 0 radical (unpaired) electrons. The van der Waals surface area contributed by atoms with Crippen LogP contribution >= 0.6 is 0 Å². The third-order valence-corrected chi connectivity index (χ3v) is 4.33. The van der Waals surface area contributed by atoms with Gasteiger partial charge in [0.1, 0.15) is 11.4 Å². The summed E-state index contributed by atoms with van der Waals surface area (Å²) in [7, 11) is 0. The Hall–Kier alpha value is -3.06. The number of benzene rings is 2. The van der Waals surface area contributed by atoms with Crippen LogP contribution in [0.1, 0.15) is 18.3 Å². The standard InChI is InChI=1S/C20H17N3O/c1-15-21-18-11-7-6-10-17(18)19(24)23(15)22-14-20(22,2)13-12-16-8-4-3-5-9-16/h3-11H,14H2,1-2H3/t20-,22?/m1/s1. The van der Waals surface area contributed by atoms with Crippen molar-refractivity contribution in [3.8, 4) is 11.8 Å². The molecule has 3 aromatic rings. The summed E-state index contributed by atoms with van der Waals surface area (Å²) in [6.07, 6.45) is 0. The van der Waals surface area contributed by atoms with E-state index in [-0.39, 0.29) is 11.1 Å². The minimum Gasteiger partial charge on any atom is -0.285 e. The fourth-order valence-corrected chi connectivity index (χ4v) is 2.90. The van der Waals surface area contributed by atoms with Gasteiger partial charge in [-0.25, -0.2) is 9.66 Å². The Kier molecular flexibility index (Phi) is 3.17. The van der Waals surface area contributed by atoms with Crippen LogP contribution in [-0.4, -0.2) is 21.7 Å². The lowest BCUT2D eigenvalue weighted by Crippen LogP contribution is -2.35. The highest BCUT2D eigenvalue weighted by atomic mass is 16.1. The molecule has 1 aromatic heterocycles. The Morgan fingerprint density at radius 3 is 2.58 bits per heavy atom. The molecule has 1 atom stereocenters. The molecule has 2 heterocycles. The highest BCUT2D eigenvalue weighted by molar-refractivity contribution is 5.77. The van der Waals surface area contributed by atoms with Crippen LogP contribution in [0.4, 0.5) is 0 Å². The van der Waals surface area contributed by atoms with E-state index in [1.165, 1.54) is 0 Å². The monoisotopic (exact) mass is 315 g/mol. The van der Waals surface area contributed by atoms with Crippen molar-refractivity contribution in [3.05, 3.63) is 76.3 Å². The lowest BCUT2D eigenvalue weighted by Gasteiger charge is -2.14. The molecule has 1 aliphatic heterocycles. The molecule has 0 N–H and O–H groups in total. The van der Waals surface area contributed by atoms with Gasteiger partial charge in [0.05, 0.1) is 17.4 Å². The first-order valence-corrected chi connectivity index (χ1v) is 7.93. The van der Waals surface area contributed by atoms with Gasteiger partial charge in [0.2, 0.25) is 0 Å². The Balaban J connectivity index is 1.73. The van der Waals surface area contributed by atoms with Crippen LogP contribution in [0.2, 0.25) is 0 Å². The number of nitrogens with zero attached hydrogens (tertiary/aromatic N) is 3. The third kappa shape index (κ3) is 2.35. The number of rotatable bonds is 1. The van der Waals surface area contributed by atoms with Crippen LogP contribution in [-0.2, 0) is 0 Å². The molecule has 0 aliphatic carbocycles. The molecule has 4 heteroatoms. The molecular formula is C20H17N3O. The summed E-state index contributed by atoms with van der Waals surface area (Å²) in [6.45, 7) is 4.62. The van der Waals surface area contributed by atoms with E-state index in [0.717, 1.165) is 11.1 Å². The molecule has 0 amide bonds. The first kappa shape index (κ1) is 14.5. The van der Waals surface area contributed by atoms with Gasteiger partial charge < -0.3 is 0 Å². The Labute approximate surface area is 140 Å². The summed E-state index contributed by atoms with van der Waals surface area (Å²) >= 11 is 0. The average molecular weight is 315 g/mol. The zero-order chi connectivity index (χ0) is 16.7. The topological polar surface area (TPSA) is 37.9 Å². The summed E-state index contributed by atoms with van der Waals surface area (Å²) in [5.41, 5.74) is 1.33. The maximum atomic E-state index is 12.8. The predicted molar refractivity (Wildman–Crippen MR) is 95.5 cm³/mol. The molecule has 0 spiro atoms. The van der Waals surface area contributed by atoms with Gasteiger partial charge in [0, 0.05) is 5.56 Å². The quantitative estimate of drug-likeness (QED) is 0.511. The summed E-state index contributed by atoms with van der Waals surface area (Å²) in [5.74, 6) is 7.17. The van der Waals surface area contributed by atoms with Crippen molar-refractivity contribution in [2.75, 3.05) is 11.6 Å². The lowest BCUT2D eigenvalue weighted by molar-refractivity contribution is 0.688. The normalized spacial score (nSPS) is 19.0. The number of hydrogen-bond acceptors (Lipinski definition) is 3. The van der Waals surface area contributed by atoms with Crippen LogP contribution in [0.15, 0.2) is 59.4 Å². The molecule has 1 saturated heterocycles. The highest BCUT2D eigenvalue weighted by Crippen LogP contribution is 2.29. The fourth-order valence-electron chi connectivity index (χ4n) is 2.90. The predicted octanol–water partition coefficient (Wildman–Crippen LogP) is 2.47. The highest BCUT2D eigenvalue weighted by Gasteiger charge is 2.48. The molecule has 0 saturated carbocycles. The van der Waals surface area contributed by atoms with E-state index in [9.17, 15) is 4.79 Å². The molecule has 4 rings (SSSR count). The second-order valence-electron chi connectivity index (χ2n) is 6.24. The maximum Gasteiger partial charge on any atom is 0.280 e. The molecule has 1 fully saturated rings. The van der Waals surface area contributed by atoms with Gasteiger partial charge in [-0.3, -0.25) is 9.80 Å². The number of aromatic nitrogens is 2. The molecule has 0 unspecified atom stereocenters. The second-order valence-corrected chi connectivity index (χ2v) is 6.24. The van der Waals surface area contributed by atoms with Crippen molar-refractivity contribution in [3.63, 3.8) is 0 Å². The minimum atomic E-state index is -0.339. The summed E-state index contributed by atoms with van der Waals surface area (Å²) < 4.78 is 1.65. The zero-order valence-corrected chi connectivity index (χ0v) is 13.7. The van der Waals surface area contributed by atoms with Crippen molar-refractivity contribution in [2.45, 2.75) is 19.4 Å². The van der Waals surface area contributed by atoms with Crippen molar-refractivity contribution < 1.29 is 0 Å². The van der Waals surface area contributed by atoms with Gasteiger partial charge in [-0.1, -0.05) is 42.2 Å². The Bertz CT molecular complexity index is 1040. The Morgan fingerprint density at radius 2 is 1.79 bits per heavy atom. The third-order valence-electron chi connectivity index (χ3n) is 4.33. The first-order valence-electron chi connectivity index (χ1n) is 7.93. The smallest absolute Gasteiger partial charge is 0.280 e. The lowest BCUT2D eigenvalue weighted by atomic mass is 10.1. The minimum absolute atomic E-state index is 0.0386. The van der Waals surface area contributed by atoms with E-state index in [2.05, 4.69) is 16.8 Å². The van der Waals surface area contributed by atoms with E-state index in [0.29, 0.717) is 17.8 Å². The van der Waals surface area contributed by atoms with Crippen LogP contribution in [0.3, 0.4) is 0 Å². The molecule has 1 aliphatic rings. The Morgan fingerprint density at radius 1 is 1.08 bits per heavy atom. The SMILES string of the molecule is Cc1nc2ccccc2c(=O)n1N1C[C@@]1(C)C#Cc1ccccc1. The molecule has 0 bridgehead atoms. The van der Waals surface area contributed by atoms with Crippen LogP contribution in [0.25, 0.3) is 10.9 Å². The van der Waals surface area contributed by atoms with Gasteiger partial charge >= 0.3 is 0 Å². The van der Waals surface area contributed by atoms with Gasteiger partial charge in [0.15, 0.2) is 0 Å². The largest absolute Gasteiger partial charge is 0.285 e. The van der Waals surface area contributed by atoms with Crippen LogP contribution < -0.4 is 10.6 Å². The van der Waals surface area contributed by atoms with Gasteiger partial charge in [-0.2, -0.15) is 0 Å². The van der Waals surface area contributed by atoms with Gasteiger partial charge in [0.25, 0.3) is 5.56 Å². The van der Waals surface area contributed by atoms with E-state index < -0.39 is 0 Å². The second kappa shape index (κ2) is 5.24. The van der Waals surface area contributed by atoms with E-state index in [1.807, 2.05) is 73.5 Å². The molecule has 2 aromatic carbocycles. The first-order chi connectivity index (χ1) is 11.6. The summed E-state index contributed by atoms with van der Waals surface area (Å²) in [6, 6.07) is 17.3. The van der Waals surface area contributed by atoms with Crippen LogP contribution in [0.5, 0.6) is 0 Å². The van der Waals surface area contributed by atoms with Crippen molar-refractivity contribution in [1.82, 2.24) is 9.66 Å². The number of hydrogen-bond donors (Lipinski definition) is 0. The summed E-state index contributed by atoms with van der Waals surface area (Å²) in [4.78, 5) is 17.4. The van der Waals surface area contributed by atoms with Crippen molar-refractivity contribution in [1.29, 1.82) is 0 Å². The zero-order valence-electron chi connectivity index (χ0n) is 13.7. The molecular weight excluding hydrogens is 298 g/mol. The van der Waals surface area contributed by atoms with Crippen LogP contribution in [0, 0.1) is 18.8 Å². The van der Waals surface area contributed by atoms with E-state index >= 15 is 0 Å². The number of para-hydroxylation sites is 1. The average Bonchev–Trinajstić information content (AvgIpc) is 3.25. The maximum absolute atomic E-state index is 12.8. The van der Waals surface area contributed by atoms with Crippen molar-refractivity contribution in [2.24, 2.45) is 0 Å². The van der Waals surface area contributed by atoms with Crippen molar-refractivity contribution >= 4 is 10.9 Å². The number of aryl methyl sites for hydroxylation is 1. The van der Waals surface area contributed by atoms with E-state index in [1.54, 1.807) is 4.68 Å². The molecule has 4 nitrogen and oxygen atoms in total. The molecule has 24 heavy (non-hydrogen) atoms. The number of fused-ring (bicyclic) bond motifs is 1. The van der Waals surface area contributed by atoms with Gasteiger partial charge in [-0.15, -0.1) is 0 Å². The van der Waals surface area contributed by atoms with Gasteiger partial charge in [-0.05, 0) is 38.1 Å². The summed E-state index contributed by atoms with van der Waals surface area (Å²) in [5, 5.41) is 2.61.